The normalized spacial score (nSPS) is 13.1. The maximum Gasteiger partial charge on any atom is 0.404 e. The van der Waals surface area contributed by atoms with Gasteiger partial charge in [0.25, 0.3) is 0 Å². The van der Waals surface area contributed by atoms with Crippen LogP contribution in [0.15, 0.2) is 0 Å². The van der Waals surface area contributed by atoms with Crippen LogP contribution in [0.5, 0.6) is 0 Å². The number of carboxylic acid groups (broad SMARTS) is 1. The fourth-order valence-corrected chi connectivity index (χ4v) is 1.67. The number of carbonyl (C=O) groups is 1. The van der Waals surface area contributed by atoms with E-state index in [1.54, 1.807) is 7.11 Å². The highest BCUT2D eigenvalue weighted by molar-refractivity contribution is 5.64. The largest absolute Gasteiger partial charge is 0.465 e. The molecule has 17 heavy (non-hydrogen) atoms. The van der Waals surface area contributed by atoms with Gasteiger partial charge >= 0.3 is 6.09 Å². The minimum atomic E-state index is -0.934. The Morgan fingerprint density at radius 2 is 2.06 bits per heavy atom. The minimum Gasteiger partial charge on any atom is -0.465 e. The third-order valence-corrected chi connectivity index (χ3v) is 2.85. The molecule has 102 valence electrons. The quantitative estimate of drug-likeness (QED) is 0.649. The Balaban J connectivity index is 3.77. The van der Waals surface area contributed by atoms with E-state index in [0.29, 0.717) is 5.92 Å². The van der Waals surface area contributed by atoms with Crippen LogP contribution in [-0.2, 0) is 4.74 Å². The van der Waals surface area contributed by atoms with Gasteiger partial charge in [0.2, 0.25) is 0 Å². The lowest BCUT2D eigenvalue weighted by molar-refractivity contribution is 0.158. The lowest BCUT2D eigenvalue weighted by atomic mass is 9.99. The number of nitrogens with zero attached hydrogens (tertiary/aromatic N) is 1. The van der Waals surface area contributed by atoms with Crippen LogP contribution in [0.4, 0.5) is 4.79 Å². The molecule has 0 saturated carbocycles. The van der Waals surface area contributed by atoms with Gasteiger partial charge in [-0.25, -0.2) is 4.79 Å². The molecule has 0 saturated heterocycles. The van der Waals surface area contributed by atoms with Crippen molar-refractivity contribution in [3.05, 3.63) is 0 Å². The highest BCUT2D eigenvalue weighted by atomic mass is 16.5. The first-order valence-corrected chi connectivity index (χ1v) is 6.14. The van der Waals surface area contributed by atoms with Crippen LogP contribution in [0.2, 0.25) is 0 Å². The Bertz CT molecular complexity index is 210. The molecule has 0 aromatic heterocycles. The van der Waals surface area contributed by atoms with Crippen LogP contribution >= 0.6 is 0 Å². The van der Waals surface area contributed by atoms with Crippen LogP contribution in [0.3, 0.4) is 0 Å². The third kappa shape index (κ3) is 8.94. The summed E-state index contributed by atoms with van der Waals surface area (Å²) < 4.78 is 5.00. The summed E-state index contributed by atoms with van der Waals surface area (Å²) in [6.07, 6.45) is 0.932. The summed E-state index contributed by atoms with van der Waals surface area (Å²) in [6, 6.07) is 0.0447. The summed E-state index contributed by atoms with van der Waals surface area (Å²) in [6.45, 7) is 6.69. The number of likely N-dealkylation sites (N-methyl/N-ethyl adjacent to an activating group) is 1. The Hall–Kier alpha value is -0.810. The maximum atomic E-state index is 10.6. The molecular weight excluding hydrogens is 220 g/mol. The predicted molar refractivity (Wildman–Crippen MR) is 68.4 cm³/mol. The van der Waals surface area contributed by atoms with Crippen LogP contribution in [0.25, 0.3) is 0 Å². The van der Waals surface area contributed by atoms with E-state index in [-0.39, 0.29) is 6.04 Å². The fourth-order valence-electron chi connectivity index (χ4n) is 1.67. The molecule has 0 aliphatic carbocycles. The summed E-state index contributed by atoms with van der Waals surface area (Å²) in [5, 5.41) is 11.3. The molecule has 0 rings (SSSR count). The third-order valence-electron chi connectivity index (χ3n) is 2.85. The maximum absolute atomic E-state index is 10.6. The van der Waals surface area contributed by atoms with Gasteiger partial charge in [0.1, 0.15) is 0 Å². The van der Waals surface area contributed by atoms with Crippen LogP contribution in [-0.4, -0.2) is 56.0 Å². The Morgan fingerprint density at radius 3 is 2.53 bits per heavy atom. The van der Waals surface area contributed by atoms with E-state index in [2.05, 4.69) is 10.2 Å². The van der Waals surface area contributed by atoms with Gasteiger partial charge in [-0.2, -0.15) is 0 Å². The van der Waals surface area contributed by atoms with E-state index in [9.17, 15) is 4.79 Å². The van der Waals surface area contributed by atoms with E-state index < -0.39 is 6.09 Å². The van der Waals surface area contributed by atoms with Crippen molar-refractivity contribution in [1.82, 2.24) is 10.2 Å². The number of ether oxygens (including phenoxy) is 1. The van der Waals surface area contributed by atoms with Gasteiger partial charge < -0.3 is 20.1 Å². The van der Waals surface area contributed by atoms with Crippen molar-refractivity contribution in [3.63, 3.8) is 0 Å². The molecule has 0 heterocycles. The first kappa shape index (κ1) is 16.2. The van der Waals surface area contributed by atoms with E-state index in [1.165, 1.54) is 0 Å². The molecule has 5 nitrogen and oxygen atoms in total. The molecule has 0 spiro atoms. The number of rotatable bonds is 9. The molecule has 0 fully saturated rings. The molecule has 0 aliphatic rings. The lowest BCUT2D eigenvalue weighted by Crippen LogP contribution is -2.38. The first-order valence-electron chi connectivity index (χ1n) is 6.14. The van der Waals surface area contributed by atoms with Gasteiger partial charge in [-0.1, -0.05) is 13.8 Å². The highest BCUT2D eigenvalue weighted by Crippen LogP contribution is 2.09. The number of hydrogen-bond donors (Lipinski definition) is 2. The van der Waals surface area contributed by atoms with E-state index in [0.717, 1.165) is 32.5 Å². The topological polar surface area (TPSA) is 61.8 Å². The molecule has 0 aromatic rings. The summed E-state index contributed by atoms with van der Waals surface area (Å²) >= 11 is 0. The number of amides is 1. The number of hydrogen-bond acceptors (Lipinski definition) is 3. The molecular formula is C12H26N2O3. The van der Waals surface area contributed by atoms with Gasteiger partial charge in [-0.15, -0.1) is 0 Å². The molecule has 2 N–H and O–H groups in total. The lowest BCUT2D eigenvalue weighted by Gasteiger charge is -2.22. The number of nitrogens with one attached hydrogen (secondary N) is 1. The Morgan fingerprint density at radius 1 is 1.41 bits per heavy atom. The Labute approximate surface area is 104 Å². The highest BCUT2D eigenvalue weighted by Gasteiger charge is 2.15. The number of methoxy groups -OCH3 is 1. The second-order valence-electron chi connectivity index (χ2n) is 4.74. The average molecular weight is 246 g/mol. The van der Waals surface area contributed by atoms with Crippen molar-refractivity contribution >= 4 is 6.09 Å². The summed E-state index contributed by atoms with van der Waals surface area (Å²) in [5.74, 6) is 0.329. The minimum absolute atomic E-state index is 0.0447. The summed E-state index contributed by atoms with van der Waals surface area (Å²) in [5.41, 5.74) is 0. The van der Waals surface area contributed by atoms with Crippen LogP contribution < -0.4 is 5.32 Å². The van der Waals surface area contributed by atoms with E-state index in [1.807, 2.05) is 20.9 Å². The van der Waals surface area contributed by atoms with Crippen molar-refractivity contribution in [3.8, 4) is 0 Å². The van der Waals surface area contributed by atoms with Crippen molar-refractivity contribution < 1.29 is 14.6 Å². The average Bonchev–Trinajstić information content (AvgIpc) is 2.24. The smallest absolute Gasteiger partial charge is 0.404 e. The molecule has 1 unspecified atom stereocenters. The molecule has 0 radical (unpaired) electrons. The van der Waals surface area contributed by atoms with E-state index >= 15 is 0 Å². The first-order chi connectivity index (χ1) is 7.97. The summed E-state index contributed by atoms with van der Waals surface area (Å²) in [4.78, 5) is 12.8. The monoisotopic (exact) mass is 246 g/mol. The van der Waals surface area contributed by atoms with Crippen LogP contribution in [0, 0.1) is 5.92 Å². The second-order valence-corrected chi connectivity index (χ2v) is 4.74. The molecule has 5 heteroatoms. The van der Waals surface area contributed by atoms with Gasteiger partial charge in [-0.05, 0) is 32.4 Å². The molecule has 1 atom stereocenters. The van der Waals surface area contributed by atoms with Gasteiger partial charge in [0.15, 0.2) is 0 Å². The standard InChI is InChI=1S/C12H26N2O3/c1-10(2)11(13-12(15)16)6-5-7-14(3)8-9-17-4/h10-11,13H,5-9H2,1-4H3,(H,15,16). The zero-order chi connectivity index (χ0) is 13.3. The van der Waals surface area contributed by atoms with Crippen molar-refractivity contribution in [2.75, 3.05) is 33.9 Å². The van der Waals surface area contributed by atoms with Crippen molar-refractivity contribution in [2.24, 2.45) is 5.92 Å². The van der Waals surface area contributed by atoms with Crippen LogP contribution in [0.1, 0.15) is 26.7 Å². The SMILES string of the molecule is COCCN(C)CCCC(NC(=O)O)C(C)C. The van der Waals surface area contributed by atoms with Crippen molar-refractivity contribution in [1.29, 1.82) is 0 Å². The second kappa shape index (κ2) is 9.24. The molecule has 0 aromatic carbocycles. The molecule has 1 amide bonds. The van der Waals surface area contributed by atoms with Crippen molar-refractivity contribution in [2.45, 2.75) is 32.7 Å². The predicted octanol–water partition coefficient (Wildman–Crippen LogP) is 1.64. The van der Waals surface area contributed by atoms with Gasteiger partial charge in [0.05, 0.1) is 6.61 Å². The van der Waals surface area contributed by atoms with Gasteiger partial charge in [-0.3, -0.25) is 0 Å². The van der Waals surface area contributed by atoms with Gasteiger partial charge in [0, 0.05) is 19.7 Å². The summed E-state index contributed by atoms with van der Waals surface area (Å²) in [7, 11) is 3.74. The molecule has 0 aliphatic heterocycles. The fraction of sp³-hybridized carbons (Fsp3) is 0.917. The Kier molecular flexibility index (Phi) is 8.80. The van der Waals surface area contributed by atoms with E-state index in [4.69, 9.17) is 9.84 Å². The zero-order valence-electron chi connectivity index (χ0n) is 11.4. The molecule has 0 bridgehead atoms. The zero-order valence-corrected chi connectivity index (χ0v) is 11.4.